The van der Waals surface area contributed by atoms with Gasteiger partial charge < -0.3 is 5.11 Å². The van der Waals surface area contributed by atoms with Gasteiger partial charge >= 0.3 is 0 Å². The maximum absolute atomic E-state index is 11.8. The van der Waals surface area contributed by atoms with Crippen LogP contribution in [-0.4, -0.2) is 10.1 Å². The number of benzene rings is 3. The lowest BCUT2D eigenvalue weighted by Crippen LogP contribution is -2.28. The Hall–Kier alpha value is -2.75. The van der Waals surface area contributed by atoms with Gasteiger partial charge in [-0.25, -0.2) is 4.98 Å². The molecule has 4 rings (SSSR count). The van der Waals surface area contributed by atoms with Gasteiger partial charge in [0.2, 0.25) is 0 Å². The van der Waals surface area contributed by atoms with E-state index in [4.69, 9.17) is 4.98 Å². The zero-order valence-electron chi connectivity index (χ0n) is 14.5. The summed E-state index contributed by atoms with van der Waals surface area (Å²) in [5.41, 5.74) is 3.51. The summed E-state index contributed by atoms with van der Waals surface area (Å²) in [6.45, 7) is 2.07. The fourth-order valence-corrected chi connectivity index (χ4v) is 4.12. The monoisotopic (exact) mass is 357 g/mol. The van der Waals surface area contributed by atoms with Crippen LogP contribution in [0.4, 0.5) is 0 Å². The van der Waals surface area contributed by atoms with Gasteiger partial charge in [-0.3, -0.25) is 0 Å². The second-order valence-corrected chi connectivity index (χ2v) is 7.21. The molecule has 0 spiro atoms. The molecule has 0 saturated heterocycles. The van der Waals surface area contributed by atoms with Gasteiger partial charge in [-0.05, 0) is 24.1 Å². The molecule has 0 bridgehead atoms. The first-order valence-electron chi connectivity index (χ1n) is 8.54. The highest BCUT2D eigenvalue weighted by Crippen LogP contribution is 2.39. The zero-order chi connectivity index (χ0) is 18.0. The van der Waals surface area contributed by atoms with Crippen LogP contribution in [0.25, 0.3) is 11.3 Å². The summed E-state index contributed by atoms with van der Waals surface area (Å²) in [6.07, 6.45) is 0. The molecular weight excluding hydrogens is 338 g/mol. The molecule has 1 heterocycles. The van der Waals surface area contributed by atoms with Crippen molar-refractivity contribution in [3.8, 4) is 11.3 Å². The number of hydrogen-bond acceptors (Lipinski definition) is 3. The van der Waals surface area contributed by atoms with Crippen LogP contribution in [0.3, 0.4) is 0 Å². The van der Waals surface area contributed by atoms with Crippen molar-refractivity contribution in [2.24, 2.45) is 0 Å². The summed E-state index contributed by atoms with van der Waals surface area (Å²) in [6, 6.07) is 27.7. The number of aliphatic hydroxyl groups is 1. The van der Waals surface area contributed by atoms with Gasteiger partial charge in [-0.1, -0.05) is 84.4 Å². The van der Waals surface area contributed by atoms with Crippen LogP contribution in [-0.2, 0) is 5.60 Å². The third kappa shape index (κ3) is 2.96. The smallest absolute Gasteiger partial charge is 0.166 e. The molecule has 26 heavy (non-hydrogen) atoms. The lowest BCUT2D eigenvalue weighted by molar-refractivity contribution is 0.125. The second-order valence-electron chi connectivity index (χ2n) is 6.35. The van der Waals surface area contributed by atoms with Crippen LogP contribution in [0.5, 0.6) is 0 Å². The van der Waals surface area contributed by atoms with E-state index in [9.17, 15) is 5.11 Å². The van der Waals surface area contributed by atoms with Crippen molar-refractivity contribution in [1.29, 1.82) is 0 Å². The van der Waals surface area contributed by atoms with E-state index in [1.165, 1.54) is 16.9 Å². The molecule has 0 aliphatic rings. The second kappa shape index (κ2) is 6.87. The Balaban J connectivity index is 1.86. The van der Waals surface area contributed by atoms with Gasteiger partial charge in [0, 0.05) is 10.9 Å². The predicted octanol–water partition coefficient (Wildman–Crippen LogP) is 5.40. The van der Waals surface area contributed by atoms with Gasteiger partial charge in [0.1, 0.15) is 5.01 Å². The van der Waals surface area contributed by atoms with E-state index in [2.05, 4.69) is 25.1 Å². The average molecular weight is 357 g/mol. The zero-order valence-corrected chi connectivity index (χ0v) is 15.3. The van der Waals surface area contributed by atoms with E-state index >= 15 is 0 Å². The van der Waals surface area contributed by atoms with Crippen molar-refractivity contribution in [3.05, 3.63) is 112 Å². The Morgan fingerprint density at radius 1 is 0.808 bits per heavy atom. The van der Waals surface area contributed by atoms with Gasteiger partial charge in [-0.2, -0.15) is 0 Å². The highest BCUT2D eigenvalue weighted by molar-refractivity contribution is 7.10. The molecule has 0 unspecified atom stereocenters. The summed E-state index contributed by atoms with van der Waals surface area (Å²) >= 11 is 1.49. The van der Waals surface area contributed by atoms with Crippen LogP contribution in [0, 0.1) is 6.92 Å². The molecule has 3 heteroatoms. The third-order valence-corrected chi connectivity index (χ3v) is 5.46. The lowest BCUT2D eigenvalue weighted by Gasteiger charge is -2.27. The molecule has 128 valence electrons. The Kier molecular flexibility index (Phi) is 4.41. The summed E-state index contributed by atoms with van der Waals surface area (Å²) in [5.74, 6) is 0. The van der Waals surface area contributed by atoms with E-state index in [1.807, 2.05) is 72.1 Å². The normalized spacial score (nSPS) is 11.5. The number of rotatable bonds is 4. The van der Waals surface area contributed by atoms with E-state index in [0.29, 0.717) is 5.01 Å². The molecule has 0 atom stereocenters. The van der Waals surface area contributed by atoms with Crippen molar-refractivity contribution in [2.45, 2.75) is 12.5 Å². The standard InChI is InChI=1S/C23H19NOS/c1-17-9-8-10-18(15-17)21-16-26-22(24-21)23(25,19-11-4-2-5-12-19)20-13-6-3-7-14-20/h2-16,25H,1H3. The van der Waals surface area contributed by atoms with Crippen molar-refractivity contribution in [3.63, 3.8) is 0 Å². The van der Waals surface area contributed by atoms with Crippen LogP contribution in [0.1, 0.15) is 21.7 Å². The van der Waals surface area contributed by atoms with E-state index < -0.39 is 5.60 Å². The minimum atomic E-state index is -1.27. The minimum absolute atomic E-state index is 0.673. The van der Waals surface area contributed by atoms with Crippen LogP contribution in [0.15, 0.2) is 90.3 Å². The number of thiazole rings is 1. The molecule has 0 aliphatic carbocycles. The minimum Gasteiger partial charge on any atom is -0.374 e. The van der Waals surface area contributed by atoms with Crippen LogP contribution >= 0.6 is 11.3 Å². The molecule has 4 aromatic rings. The Labute approximate surface area is 157 Å². The Morgan fingerprint density at radius 2 is 1.42 bits per heavy atom. The highest BCUT2D eigenvalue weighted by Gasteiger charge is 2.36. The first-order valence-corrected chi connectivity index (χ1v) is 9.42. The third-order valence-electron chi connectivity index (χ3n) is 4.51. The topological polar surface area (TPSA) is 33.1 Å². The molecule has 0 fully saturated rings. The van der Waals surface area contributed by atoms with Crippen molar-refractivity contribution in [1.82, 2.24) is 4.98 Å². The highest BCUT2D eigenvalue weighted by atomic mass is 32.1. The number of hydrogen-bond donors (Lipinski definition) is 1. The molecule has 1 aromatic heterocycles. The molecule has 0 aliphatic heterocycles. The summed E-state index contributed by atoms with van der Waals surface area (Å²) in [7, 11) is 0. The number of nitrogens with zero attached hydrogens (tertiary/aromatic N) is 1. The maximum atomic E-state index is 11.8. The van der Waals surface area contributed by atoms with Crippen molar-refractivity contribution in [2.75, 3.05) is 0 Å². The molecular formula is C23H19NOS. The molecule has 1 N–H and O–H groups in total. The van der Waals surface area contributed by atoms with E-state index in [1.54, 1.807) is 0 Å². The first-order chi connectivity index (χ1) is 12.7. The Morgan fingerprint density at radius 3 is 2.00 bits per heavy atom. The Bertz CT molecular complexity index is 969. The number of aromatic nitrogens is 1. The van der Waals surface area contributed by atoms with Gasteiger partial charge in [-0.15, -0.1) is 11.3 Å². The fraction of sp³-hybridized carbons (Fsp3) is 0.0870. The maximum Gasteiger partial charge on any atom is 0.166 e. The van der Waals surface area contributed by atoms with Crippen molar-refractivity contribution < 1.29 is 5.11 Å². The first kappa shape index (κ1) is 16.7. The quantitative estimate of drug-likeness (QED) is 0.530. The SMILES string of the molecule is Cc1cccc(-c2csc(C(O)(c3ccccc3)c3ccccc3)n2)c1. The summed E-state index contributed by atoms with van der Waals surface area (Å²) < 4.78 is 0. The number of aryl methyl sites for hydroxylation is 1. The van der Waals surface area contributed by atoms with E-state index in [-0.39, 0.29) is 0 Å². The van der Waals surface area contributed by atoms with Crippen molar-refractivity contribution >= 4 is 11.3 Å². The van der Waals surface area contributed by atoms with Gasteiger partial charge in [0.05, 0.1) is 5.69 Å². The van der Waals surface area contributed by atoms with Crippen LogP contribution in [0.2, 0.25) is 0 Å². The van der Waals surface area contributed by atoms with E-state index in [0.717, 1.165) is 22.4 Å². The molecule has 3 aromatic carbocycles. The van der Waals surface area contributed by atoms with Gasteiger partial charge in [0.15, 0.2) is 5.60 Å². The molecule has 2 nitrogen and oxygen atoms in total. The average Bonchev–Trinajstić information content (AvgIpc) is 3.19. The fourth-order valence-electron chi connectivity index (χ4n) is 3.15. The molecule has 0 radical (unpaired) electrons. The molecule has 0 amide bonds. The van der Waals surface area contributed by atoms with Gasteiger partial charge in [0.25, 0.3) is 0 Å². The lowest BCUT2D eigenvalue weighted by atomic mass is 9.87. The largest absolute Gasteiger partial charge is 0.374 e. The van der Waals surface area contributed by atoms with Crippen LogP contribution < -0.4 is 0 Å². The summed E-state index contributed by atoms with van der Waals surface area (Å²) in [5, 5.41) is 14.5. The predicted molar refractivity (Wildman–Crippen MR) is 107 cm³/mol. The molecule has 0 saturated carbocycles. The summed E-state index contributed by atoms with van der Waals surface area (Å²) in [4.78, 5) is 4.81.